The zero-order valence-electron chi connectivity index (χ0n) is 10.7. The molecule has 5 heteroatoms. The fraction of sp³-hybridized carbons (Fsp3) is 0.833. The van der Waals surface area contributed by atoms with Gasteiger partial charge in [0.2, 0.25) is 0 Å². The maximum Gasteiger partial charge on any atom is 0.315 e. The van der Waals surface area contributed by atoms with Gasteiger partial charge in [0.15, 0.2) is 0 Å². The van der Waals surface area contributed by atoms with Crippen LogP contribution < -0.4 is 10.6 Å². The van der Waals surface area contributed by atoms with E-state index in [1.54, 1.807) is 0 Å². The fourth-order valence-electron chi connectivity index (χ4n) is 1.69. The molecule has 1 aliphatic rings. The Morgan fingerprint density at radius 3 is 2.35 bits per heavy atom. The van der Waals surface area contributed by atoms with Gasteiger partial charge in [-0.1, -0.05) is 13.8 Å². The third kappa shape index (κ3) is 5.06. The minimum Gasteiger partial charge on any atom is -0.481 e. The lowest BCUT2D eigenvalue weighted by Crippen LogP contribution is -2.44. The molecule has 5 nitrogen and oxygen atoms in total. The molecular formula is C12H22N2O3. The highest BCUT2D eigenvalue weighted by Gasteiger charge is 2.38. The molecule has 0 aliphatic heterocycles. The fourth-order valence-corrected chi connectivity index (χ4v) is 1.69. The number of hydrogen-bond acceptors (Lipinski definition) is 2. The molecule has 1 rings (SSSR count). The van der Waals surface area contributed by atoms with Crippen LogP contribution in [0.3, 0.4) is 0 Å². The lowest BCUT2D eigenvalue weighted by atomic mass is 9.97. The maximum absolute atomic E-state index is 11.5. The molecule has 17 heavy (non-hydrogen) atoms. The molecule has 0 bridgehead atoms. The van der Waals surface area contributed by atoms with Gasteiger partial charge in [0, 0.05) is 12.1 Å². The van der Waals surface area contributed by atoms with Gasteiger partial charge in [-0.05, 0) is 32.1 Å². The Balaban J connectivity index is 2.30. The van der Waals surface area contributed by atoms with E-state index in [1.165, 1.54) is 0 Å². The number of carbonyl (C=O) groups excluding carboxylic acids is 1. The van der Waals surface area contributed by atoms with Crippen LogP contribution in [0.15, 0.2) is 0 Å². The lowest BCUT2D eigenvalue weighted by Gasteiger charge is -2.17. The van der Waals surface area contributed by atoms with Crippen LogP contribution in [0, 0.1) is 11.8 Å². The molecule has 1 aliphatic carbocycles. The van der Waals surface area contributed by atoms with E-state index in [0.717, 1.165) is 12.8 Å². The molecule has 0 heterocycles. The third-order valence-corrected chi connectivity index (χ3v) is 3.03. The van der Waals surface area contributed by atoms with Crippen LogP contribution >= 0.6 is 0 Å². The summed E-state index contributed by atoms with van der Waals surface area (Å²) in [6, 6.07) is -0.264. The SMILES string of the molecule is CC(C)CC(CNC(=O)NC1(C)CC1)C(=O)O. The smallest absolute Gasteiger partial charge is 0.315 e. The first-order valence-electron chi connectivity index (χ1n) is 6.11. The summed E-state index contributed by atoms with van der Waals surface area (Å²) in [5, 5.41) is 14.5. The summed E-state index contributed by atoms with van der Waals surface area (Å²) in [5.74, 6) is -1.05. The number of amides is 2. The Hall–Kier alpha value is -1.26. The van der Waals surface area contributed by atoms with Crippen molar-refractivity contribution >= 4 is 12.0 Å². The summed E-state index contributed by atoms with van der Waals surface area (Å²) in [4.78, 5) is 22.5. The van der Waals surface area contributed by atoms with Crippen molar-refractivity contribution in [3.8, 4) is 0 Å². The van der Waals surface area contributed by atoms with E-state index >= 15 is 0 Å². The van der Waals surface area contributed by atoms with Crippen LogP contribution in [0.2, 0.25) is 0 Å². The van der Waals surface area contributed by atoms with Gasteiger partial charge in [0.1, 0.15) is 0 Å². The summed E-state index contributed by atoms with van der Waals surface area (Å²) in [6.07, 6.45) is 2.57. The molecule has 3 N–H and O–H groups in total. The first kappa shape index (κ1) is 13.8. The highest BCUT2D eigenvalue weighted by molar-refractivity contribution is 5.76. The lowest BCUT2D eigenvalue weighted by molar-refractivity contribution is -0.142. The van der Waals surface area contributed by atoms with E-state index in [4.69, 9.17) is 5.11 Å². The quantitative estimate of drug-likeness (QED) is 0.661. The minimum atomic E-state index is -0.850. The molecule has 0 aromatic rings. The largest absolute Gasteiger partial charge is 0.481 e. The number of carbonyl (C=O) groups is 2. The van der Waals surface area contributed by atoms with Crippen molar-refractivity contribution in [2.45, 2.75) is 45.6 Å². The van der Waals surface area contributed by atoms with Crippen molar-refractivity contribution in [3.63, 3.8) is 0 Å². The molecule has 0 saturated heterocycles. The van der Waals surface area contributed by atoms with E-state index in [1.807, 2.05) is 20.8 Å². The van der Waals surface area contributed by atoms with Crippen molar-refractivity contribution in [1.82, 2.24) is 10.6 Å². The van der Waals surface area contributed by atoms with Crippen LogP contribution in [-0.4, -0.2) is 29.2 Å². The molecule has 0 radical (unpaired) electrons. The first-order chi connectivity index (χ1) is 7.82. The molecule has 0 aromatic carbocycles. The second-order valence-corrected chi connectivity index (χ2v) is 5.56. The van der Waals surface area contributed by atoms with Crippen LogP contribution in [0.1, 0.15) is 40.0 Å². The van der Waals surface area contributed by atoms with Crippen LogP contribution in [0.25, 0.3) is 0 Å². The summed E-state index contributed by atoms with van der Waals surface area (Å²) < 4.78 is 0. The standard InChI is InChI=1S/C12H22N2O3/c1-8(2)6-9(10(15)16)7-13-11(17)14-12(3)4-5-12/h8-9H,4-7H2,1-3H3,(H,15,16)(H2,13,14,17). The van der Waals surface area contributed by atoms with Gasteiger partial charge >= 0.3 is 12.0 Å². The number of carboxylic acids is 1. The summed E-state index contributed by atoms with van der Waals surface area (Å²) in [7, 11) is 0. The zero-order chi connectivity index (χ0) is 13.1. The van der Waals surface area contributed by atoms with E-state index in [9.17, 15) is 9.59 Å². The Morgan fingerprint density at radius 1 is 1.35 bits per heavy atom. The minimum absolute atomic E-state index is 0.0686. The van der Waals surface area contributed by atoms with Crippen molar-refractivity contribution in [2.75, 3.05) is 6.54 Å². The zero-order valence-corrected chi connectivity index (χ0v) is 10.7. The van der Waals surface area contributed by atoms with Crippen LogP contribution in [0.5, 0.6) is 0 Å². The second kappa shape index (κ2) is 5.38. The van der Waals surface area contributed by atoms with Crippen LogP contribution in [-0.2, 0) is 4.79 Å². The number of rotatable bonds is 6. The number of urea groups is 1. The van der Waals surface area contributed by atoms with Crippen molar-refractivity contribution < 1.29 is 14.7 Å². The Labute approximate surface area is 102 Å². The summed E-state index contributed by atoms with van der Waals surface area (Å²) in [5.41, 5.74) is -0.0686. The molecule has 0 aromatic heterocycles. The van der Waals surface area contributed by atoms with Gasteiger partial charge in [-0.25, -0.2) is 4.79 Å². The molecule has 1 unspecified atom stereocenters. The van der Waals surface area contributed by atoms with Gasteiger partial charge in [-0.2, -0.15) is 0 Å². The van der Waals surface area contributed by atoms with E-state index in [2.05, 4.69) is 10.6 Å². The number of carboxylic acid groups (broad SMARTS) is 1. The molecular weight excluding hydrogens is 220 g/mol. The number of nitrogens with one attached hydrogen (secondary N) is 2. The van der Waals surface area contributed by atoms with Crippen molar-refractivity contribution in [3.05, 3.63) is 0 Å². The molecule has 0 spiro atoms. The molecule has 2 amide bonds. The first-order valence-corrected chi connectivity index (χ1v) is 6.11. The second-order valence-electron chi connectivity index (χ2n) is 5.56. The van der Waals surface area contributed by atoms with Crippen molar-refractivity contribution in [2.24, 2.45) is 11.8 Å². The average Bonchev–Trinajstić information content (AvgIpc) is 2.89. The molecule has 1 atom stereocenters. The van der Waals surface area contributed by atoms with E-state index < -0.39 is 11.9 Å². The topological polar surface area (TPSA) is 78.4 Å². The summed E-state index contributed by atoms with van der Waals surface area (Å²) in [6.45, 7) is 6.12. The Kier molecular flexibility index (Phi) is 4.37. The van der Waals surface area contributed by atoms with Gasteiger partial charge in [0.25, 0.3) is 0 Å². The molecule has 98 valence electrons. The summed E-state index contributed by atoms with van der Waals surface area (Å²) >= 11 is 0. The normalized spacial score (nSPS) is 18.6. The van der Waals surface area contributed by atoms with Gasteiger partial charge < -0.3 is 15.7 Å². The van der Waals surface area contributed by atoms with Gasteiger partial charge in [0.05, 0.1) is 5.92 Å². The predicted molar refractivity (Wildman–Crippen MR) is 64.8 cm³/mol. The van der Waals surface area contributed by atoms with Crippen LogP contribution in [0.4, 0.5) is 4.79 Å². The van der Waals surface area contributed by atoms with E-state index in [-0.39, 0.29) is 18.1 Å². The van der Waals surface area contributed by atoms with Gasteiger partial charge in [-0.3, -0.25) is 4.79 Å². The Morgan fingerprint density at radius 2 is 1.94 bits per heavy atom. The van der Waals surface area contributed by atoms with Crippen molar-refractivity contribution in [1.29, 1.82) is 0 Å². The van der Waals surface area contributed by atoms with Gasteiger partial charge in [-0.15, -0.1) is 0 Å². The highest BCUT2D eigenvalue weighted by atomic mass is 16.4. The average molecular weight is 242 g/mol. The Bertz CT molecular complexity index is 298. The number of aliphatic carboxylic acids is 1. The highest BCUT2D eigenvalue weighted by Crippen LogP contribution is 2.33. The maximum atomic E-state index is 11.5. The van der Waals surface area contributed by atoms with E-state index in [0.29, 0.717) is 12.3 Å². The predicted octanol–water partition coefficient (Wildman–Crippen LogP) is 1.58. The molecule has 1 fully saturated rings. The monoisotopic (exact) mass is 242 g/mol. The number of hydrogen-bond donors (Lipinski definition) is 3. The third-order valence-electron chi connectivity index (χ3n) is 3.03. The molecule has 1 saturated carbocycles.